The molecule has 0 spiro atoms. The van der Waals surface area contributed by atoms with E-state index in [1.807, 2.05) is 12.1 Å². The molecule has 2 aromatic rings. The van der Waals surface area contributed by atoms with Crippen molar-refractivity contribution in [1.29, 1.82) is 0 Å². The highest BCUT2D eigenvalue weighted by Crippen LogP contribution is 2.24. The predicted molar refractivity (Wildman–Crippen MR) is 53.2 cm³/mol. The molecule has 1 heterocycles. The first-order valence-electron chi connectivity index (χ1n) is 3.81. The lowest BCUT2D eigenvalue weighted by molar-refractivity contribution is 0.283. The lowest BCUT2D eigenvalue weighted by Crippen LogP contribution is -1.90. The van der Waals surface area contributed by atoms with Crippen LogP contribution in [0.3, 0.4) is 0 Å². The van der Waals surface area contributed by atoms with E-state index >= 15 is 0 Å². The molecule has 0 radical (unpaired) electrons. The smallest absolute Gasteiger partial charge is 0.116 e. The molecule has 0 aliphatic rings. The third-order valence-electron chi connectivity index (χ3n) is 1.87. The number of hydrogen-bond acceptors (Lipinski definition) is 3. The van der Waals surface area contributed by atoms with E-state index in [1.165, 1.54) is 6.33 Å². The van der Waals surface area contributed by atoms with Gasteiger partial charge in [-0.05, 0) is 6.07 Å². The summed E-state index contributed by atoms with van der Waals surface area (Å²) < 4.78 is 0.945. The van der Waals surface area contributed by atoms with Crippen LogP contribution in [0.2, 0.25) is 0 Å². The van der Waals surface area contributed by atoms with Crippen LogP contribution in [-0.4, -0.2) is 15.1 Å². The summed E-state index contributed by atoms with van der Waals surface area (Å²) in [7, 11) is 0. The van der Waals surface area contributed by atoms with Crippen molar-refractivity contribution in [3.05, 3.63) is 34.7 Å². The van der Waals surface area contributed by atoms with Crippen LogP contribution in [0.5, 0.6) is 0 Å². The first-order chi connectivity index (χ1) is 6.33. The third-order valence-corrected chi connectivity index (χ3v) is 2.57. The monoisotopic (exact) mass is 238 g/mol. The van der Waals surface area contributed by atoms with Crippen LogP contribution in [0, 0.1) is 0 Å². The van der Waals surface area contributed by atoms with Gasteiger partial charge in [-0.25, -0.2) is 9.97 Å². The summed E-state index contributed by atoms with van der Waals surface area (Å²) in [5, 5.41) is 9.98. The number of rotatable bonds is 1. The van der Waals surface area contributed by atoms with Gasteiger partial charge in [-0.15, -0.1) is 0 Å². The van der Waals surface area contributed by atoms with Crippen molar-refractivity contribution < 1.29 is 5.11 Å². The number of benzene rings is 1. The Hall–Kier alpha value is -1.00. The van der Waals surface area contributed by atoms with Crippen molar-refractivity contribution in [2.75, 3.05) is 0 Å². The molecule has 0 atom stereocenters. The first-order valence-corrected chi connectivity index (χ1v) is 4.60. The minimum absolute atomic E-state index is 0.000787. The van der Waals surface area contributed by atoms with Gasteiger partial charge in [0.05, 0.1) is 12.1 Å². The van der Waals surface area contributed by atoms with Gasteiger partial charge in [0, 0.05) is 21.6 Å². The summed E-state index contributed by atoms with van der Waals surface area (Å²) in [6.07, 6.45) is 3.21. The standard InChI is InChI=1S/C9H7BrN2O/c10-8-2-1-6(4-13)9-7(8)3-11-5-12-9/h1-3,5,13H,4H2. The first kappa shape index (κ1) is 8.59. The van der Waals surface area contributed by atoms with Crippen molar-refractivity contribution in [1.82, 2.24) is 9.97 Å². The Morgan fingerprint density at radius 1 is 1.38 bits per heavy atom. The molecule has 0 bridgehead atoms. The zero-order chi connectivity index (χ0) is 9.26. The van der Waals surface area contributed by atoms with Crippen LogP contribution in [0.15, 0.2) is 29.1 Å². The van der Waals surface area contributed by atoms with Crippen LogP contribution >= 0.6 is 15.9 Å². The highest BCUT2D eigenvalue weighted by molar-refractivity contribution is 9.10. The van der Waals surface area contributed by atoms with E-state index in [0.717, 1.165) is 20.9 Å². The van der Waals surface area contributed by atoms with Crippen molar-refractivity contribution in [2.45, 2.75) is 6.61 Å². The lowest BCUT2D eigenvalue weighted by atomic mass is 10.1. The molecule has 0 aliphatic carbocycles. The largest absolute Gasteiger partial charge is 0.392 e. The fraction of sp³-hybridized carbons (Fsp3) is 0.111. The zero-order valence-corrected chi connectivity index (χ0v) is 8.32. The van der Waals surface area contributed by atoms with Crippen molar-refractivity contribution in [3.8, 4) is 0 Å². The second-order valence-corrected chi connectivity index (χ2v) is 3.50. The van der Waals surface area contributed by atoms with Gasteiger partial charge in [0.2, 0.25) is 0 Å². The van der Waals surface area contributed by atoms with E-state index in [9.17, 15) is 0 Å². The Bertz CT molecular complexity index is 445. The quantitative estimate of drug-likeness (QED) is 0.826. The Labute approximate surface area is 83.6 Å². The highest BCUT2D eigenvalue weighted by Gasteiger charge is 2.03. The molecule has 2 rings (SSSR count). The van der Waals surface area contributed by atoms with E-state index in [-0.39, 0.29) is 6.61 Å². The third kappa shape index (κ3) is 1.43. The van der Waals surface area contributed by atoms with Crippen LogP contribution < -0.4 is 0 Å². The van der Waals surface area contributed by atoms with E-state index < -0.39 is 0 Å². The zero-order valence-electron chi connectivity index (χ0n) is 6.74. The second-order valence-electron chi connectivity index (χ2n) is 2.65. The summed E-state index contributed by atoms with van der Waals surface area (Å²) in [6, 6.07) is 3.73. The molecule has 66 valence electrons. The Morgan fingerprint density at radius 2 is 2.23 bits per heavy atom. The number of nitrogens with zero attached hydrogens (tertiary/aromatic N) is 2. The maximum atomic E-state index is 9.05. The number of aliphatic hydroxyl groups excluding tert-OH is 1. The number of aromatic nitrogens is 2. The van der Waals surface area contributed by atoms with Gasteiger partial charge >= 0.3 is 0 Å². The molecule has 1 aromatic heterocycles. The summed E-state index contributed by atoms with van der Waals surface area (Å²) >= 11 is 3.40. The molecule has 0 aliphatic heterocycles. The van der Waals surface area contributed by atoms with Crippen LogP contribution in [-0.2, 0) is 6.61 Å². The van der Waals surface area contributed by atoms with Gasteiger partial charge in [0.1, 0.15) is 6.33 Å². The van der Waals surface area contributed by atoms with Gasteiger partial charge < -0.3 is 5.11 Å². The van der Waals surface area contributed by atoms with Crippen molar-refractivity contribution in [3.63, 3.8) is 0 Å². The molecule has 0 fully saturated rings. The topological polar surface area (TPSA) is 46.0 Å². The Morgan fingerprint density at radius 3 is 3.00 bits per heavy atom. The summed E-state index contributed by atoms with van der Waals surface area (Å²) in [6.45, 7) is 0.000787. The van der Waals surface area contributed by atoms with Gasteiger partial charge in [0.15, 0.2) is 0 Å². The van der Waals surface area contributed by atoms with Crippen molar-refractivity contribution >= 4 is 26.8 Å². The average molecular weight is 239 g/mol. The normalized spacial score (nSPS) is 10.6. The molecule has 0 unspecified atom stereocenters. The van der Waals surface area contributed by atoms with Crippen LogP contribution in [0.4, 0.5) is 0 Å². The maximum absolute atomic E-state index is 9.05. The van der Waals surface area contributed by atoms with Gasteiger partial charge in [-0.3, -0.25) is 0 Å². The van der Waals surface area contributed by atoms with E-state index in [2.05, 4.69) is 25.9 Å². The molecule has 0 saturated carbocycles. The minimum atomic E-state index is 0.000787. The van der Waals surface area contributed by atoms with Crippen LogP contribution in [0.25, 0.3) is 10.9 Å². The highest BCUT2D eigenvalue weighted by atomic mass is 79.9. The van der Waals surface area contributed by atoms with Gasteiger partial charge in [0.25, 0.3) is 0 Å². The molecule has 3 nitrogen and oxygen atoms in total. The molecular formula is C9H7BrN2O. The molecule has 1 aromatic carbocycles. The van der Waals surface area contributed by atoms with Gasteiger partial charge in [-0.2, -0.15) is 0 Å². The average Bonchev–Trinajstić information content (AvgIpc) is 2.19. The van der Waals surface area contributed by atoms with Crippen molar-refractivity contribution in [2.24, 2.45) is 0 Å². The van der Waals surface area contributed by atoms with Gasteiger partial charge in [-0.1, -0.05) is 22.0 Å². The lowest BCUT2D eigenvalue weighted by Gasteiger charge is -2.03. The molecule has 1 N–H and O–H groups in total. The molecule has 0 amide bonds. The Kier molecular flexibility index (Phi) is 2.24. The molecule has 13 heavy (non-hydrogen) atoms. The molecule has 0 saturated heterocycles. The van der Waals surface area contributed by atoms with E-state index in [1.54, 1.807) is 6.20 Å². The second kappa shape index (κ2) is 3.40. The number of halogens is 1. The summed E-state index contributed by atoms with van der Waals surface area (Å²) in [5.41, 5.74) is 1.62. The molecular weight excluding hydrogens is 232 g/mol. The Balaban J connectivity index is 2.84. The fourth-order valence-electron chi connectivity index (χ4n) is 1.23. The number of aliphatic hydroxyl groups is 1. The summed E-state index contributed by atoms with van der Waals surface area (Å²) in [4.78, 5) is 8.04. The molecule has 4 heteroatoms. The van der Waals surface area contributed by atoms with E-state index in [0.29, 0.717) is 0 Å². The maximum Gasteiger partial charge on any atom is 0.116 e. The number of fused-ring (bicyclic) bond motifs is 1. The van der Waals surface area contributed by atoms with Crippen LogP contribution in [0.1, 0.15) is 5.56 Å². The SMILES string of the molecule is OCc1ccc(Br)c2cncnc12. The predicted octanol–water partition coefficient (Wildman–Crippen LogP) is 1.88. The van der Waals surface area contributed by atoms with E-state index in [4.69, 9.17) is 5.11 Å². The number of hydrogen-bond donors (Lipinski definition) is 1. The summed E-state index contributed by atoms with van der Waals surface area (Å²) in [5.74, 6) is 0. The minimum Gasteiger partial charge on any atom is -0.392 e. The fourth-order valence-corrected chi connectivity index (χ4v) is 1.65.